The number of halogens is 1. The van der Waals surface area contributed by atoms with Gasteiger partial charge < -0.3 is 19.5 Å². The zero-order valence-corrected chi connectivity index (χ0v) is 16.6. The predicted molar refractivity (Wildman–Crippen MR) is 116 cm³/mol. The fourth-order valence-corrected chi connectivity index (χ4v) is 4.53. The third kappa shape index (κ3) is 2.97. The Balaban J connectivity index is 1.31. The summed E-state index contributed by atoms with van der Waals surface area (Å²) in [4.78, 5) is 17.5. The van der Waals surface area contributed by atoms with Crippen LogP contribution in [0.1, 0.15) is 11.3 Å². The highest BCUT2D eigenvalue weighted by Crippen LogP contribution is 2.31. The molecule has 2 aliphatic rings. The molecule has 0 unspecified atom stereocenters. The van der Waals surface area contributed by atoms with Crippen LogP contribution in [0.3, 0.4) is 0 Å². The van der Waals surface area contributed by atoms with Crippen molar-refractivity contribution >= 4 is 33.4 Å². The van der Waals surface area contributed by atoms with Crippen molar-refractivity contribution in [2.45, 2.75) is 13.0 Å². The van der Waals surface area contributed by atoms with Gasteiger partial charge in [-0.15, -0.1) is 0 Å². The third-order valence-electron chi connectivity index (χ3n) is 6.14. The summed E-state index contributed by atoms with van der Waals surface area (Å²) in [6.07, 6.45) is 2.75. The van der Waals surface area contributed by atoms with Gasteiger partial charge in [0.1, 0.15) is 17.5 Å². The van der Waals surface area contributed by atoms with Crippen LogP contribution in [0.25, 0.3) is 21.8 Å². The quantitative estimate of drug-likeness (QED) is 0.554. The number of ether oxygens (including phenoxy) is 1. The second-order valence-electron chi connectivity index (χ2n) is 7.95. The first-order valence-electron chi connectivity index (χ1n) is 10.4. The van der Waals surface area contributed by atoms with E-state index in [0.29, 0.717) is 0 Å². The van der Waals surface area contributed by atoms with E-state index in [1.807, 2.05) is 12.3 Å². The second-order valence-corrected chi connectivity index (χ2v) is 7.95. The van der Waals surface area contributed by atoms with Crippen LogP contribution in [0.2, 0.25) is 0 Å². The predicted octanol–water partition coefficient (Wildman–Crippen LogP) is 3.65. The van der Waals surface area contributed by atoms with Crippen molar-refractivity contribution < 1.29 is 9.13 Å². The van der Waals surface area contributed by atoms with Gasteiger partial charge in [-0.05, 0) is 36.4 Å². The normalized spacial score (nSPS) is 17.0. The van der Waals surface area contributed by atoms with E-state index in [1.165, 1.54) is 17.3 Å². The van der Waals surface area contributed by atoms with Crippen LogP contribution in [-0.4, -0.2) is 47.8 Å². The molecule has 7 heteroatoms. The number of benzene rings is 1. The summed E-state index contributed by atoms with van der Waals surface area (Å²) in [5, 5.41) is 2.05. The van der Waals surface area contributed by atoms with Crippen LogP contribution in [0.5, 0.6) is 0 Å². The van der Waals surface area contributed by atoms with E-state index >= 15 is 0 Å². The van der Waals surface area contributed by atoms with Crippen molar-refractivity contribution in [1.82, 2.24) is 15.0 Å². The minimum atomic E-state index is -0.201. The van der Waals surface area contributed by atoms with E-state index in [9.17, 15) is 4.39 Å². The molecular formula is C23H22FN5O. The van der Waals surface area contributed by atoms with Gasteiger partial charge in [0, 0.05) is 60.1 Å². The zero-order chi connectivity index (χ0) is 20.1. The fourth-order valence-electron chi connectivity index (χ4n) is 4.53. The minimum Gasteiger partial charge on any atom is -0.378 e. The SMILES string of the molecule is Fc1ccc2[nH]c3c(c2c1)CN(c1ccc2cc(N4CCOCC4)ncc2n1)CC3. The van der Waals surface area contributed by atoms with Crippen LogP contribution >= 0.6 is 0 Å². The van der Waals surface area contributed by atoms with E-state index in [2.05, 4.69) is 38.0 Å². The topological polar surface area (TPSA) is 57.3 Å². The van der Waals surface area contributed by atoms with Crippen molar-refractivity contribution in [3.05, 3.63) is 59.7 Å². The number of aromatic amines is 1. The highest BCUT2D eigenvalue weighted by Gasteiger charge is 2.22. The molecule has 0 atom stereocenters. The van der Waals surface area contributed by atoms with E-state index in [4.69, 9.17) is 9.72 Å². The summed E-state index contributed by atoms with van der Waals surface area (Å²) in [7, 11) is 0. The Morgan fingerprint density at radius 3 is 2.77 bits per heavy atom. The number of anilines is 2. The molecule has 3 aromatic heterocycles. The Labute approximate surface area is 173 Å². The average molecular weight is 403 g/mol. The maximum Gasteiger partial charge on any atom is 0.129 e. The summed E-state index contributed by atoms with van der Waals surface area (Å²) in [6, 6.07) is 11.2. The summed E-state index contributed by atoms with van der Waals surface area (Å²) in [5.41, 5.74) is 4.25. The Hall–Kier alpha value is -3.19. The maximum absolute atomic E-state index is 13.8. The van der Waals surface area contributed by atoms with E-state index < -0.39 is 0 Å². The van der Waals surface area contributed by atoms with Gasteiger partial charge in [-0.25, -0.2) is 14.4 Å². The number of H-pyrrole nitrogens is 1. The Kier molecular flexibility index (Phi) is 4.09. The van der Waals surface area contributed by atoms with Crippen LogP contribution < -0.4 is 9.80 Å². The molecule has 4 aromatic rings. The summed E-state index contributed by atoms with van der Waals surface area (Å²) >= 11 is 0. The van der Waals surface area contributed by atoms with Gasteiger partial charge >= 0.3 is 0 Å². The molecule has 6 rings (SSSR count). The standard InChI is InChI=1S/C23H22FN5O/c24-16-2-3-19-17(12-16)18-14-29(6-5-20(18)26-19)22-4-1-15-11-23(25-13-21(15)27-22)28-7-9-30-10-8-28/h1-4,11-13,26H,5-10,14H2. The van der Waals surface area contributed by atoms with Crippen LogP contribution in [0, 0.1) is 5.82 Å². The monoisotopic (exact) mass is 403 g/mol. The second kappa shape index (κ2) is 6.95. The lowest BCUT2D eigenvalue weighted by Crippen LogP contribution is -2.36. The van der Waals surface area contributed by atoms with Gasteiger partial charge in [0.15, 0.2) is 0 Å². The first-order valence-corrected chi connectivity index (χ1v) is 10.4. The molecular weight excluding hydrogens is 381 g/mol. The number of nitrogens with one attached hydrogen (secondary N) is 1. The van der Waals surface area contributed by atoms with Crippen molar-refractivity contribution in [2.75, 3.05) is 42.6 Å². The van der Waals surface area contributed by atoms with Gasteiger partial charge in [-0.2, -0.15) is 0 Å². The molecule has 1 N–H and O–H groups in total. The molecule has 1 aromatic carbocycles. The van der Waals surface area contributed by atoms with Gasteiger partial charge in [-0.3, -0.25) is 0 Å². The highest BCUT2D eigenvalue weighted by atomic mass is 19.1. The molecule has 30 heavy (non-hydrogen) atoms. The Morgan fingerprint density at radius 1 is 0.967 bits per heavy atom. The van der Waals surface area contributed by atoms with Crippen molar-refractivity contribution in [3.63, 3.8) is 0 Å². The number of nitrogens with zero attached hydrogens (tertiary/aromatic N) is 4. The molecule has 5 heterocycles. The molecule has 0 aliphatic carbocycles. The fraction of sp³-hybridized carbons (Fsp3) is 0.304. The van der Waals surface area contributed by atoms with Crippen molar-refractivity contribution in [3.8, 4) is 0 Å². The largest absolute Gasteiger partial charge is 0.378 e. The first kappa shape index (κ1) is 17.7. The number of rotatable bonds is 2. The number of aromatic nitrogens is 3. The summed E-state index contributed by atoms with van der Waals surface area (Å²) in [5.74, 6) is 1.70. The lowest BCUT2D eigenvalue weighted by molar-refractivity contribution is 0.122. The smallest absolute Gasteiger partial charge is 0.129 e. The minimum absolute atomic E-state index is 0.201. The molecule has 0 saturated carbocycles. The Morgan fingerprint density at radius 2 is 1.87 bits per heavy atom. The molecule has 0 amide bonds. The van der Waals surface area contributed by atoms with Gasteiger partial charge in [-0.1, -0.05) is 0 Å². The first-order chi connectivity index (χ1) is 14.7. The van der Waals surface area contributed by atoms with Gasteiger partial charge in [0.05, 0.1) is 24.9 Å². The van der Waals surface area contributed by atoms with Crippen molar-refractivity contribution in [1.29, 1.82) is 0 Å². The maximum atomic E-state index is 13.8. The van der Waals surface area contributed by atoms with Gasteiger partial charge in [0.25, 0.3) is 0 Å². The lowest BCUT2D eigenvalue weighted by atomic mass is 10.0. The van der Waals surface area contributed by atoms with Crippen LogP contribution in [0.4, 0.5) is 16.0 Å². The molecule has 0 bridgehead atoms. The lowest BCUT2D eigenvalue weighted by Gasteiger charge is -2.29. The van der Waals surface area contributed by atoms with E-state index in [0.717, 1.165) is 79.3 Å². The van der Waals surface area contributed by atoms with E-state index in [1.54, 1.807) is 6.07 Å². The number of morpholine rings is 1. The summed E-state index contributed by atoms with van der Waals surface area (Å²) < 4.78 is 19.2. The average Bonchev–Trinajstić information content (AvgIpc) is 3.16. The number of pyridine rings is 2. The number of hydrogen-bond acceptors (Lipinski definition) is 5. The number of fused-ring (bicyclic) bond motifs is 4. The van der Waals surface area contributed by atoms with Gasteiger partial charge in [0.2, 0.25) is 0 Å². The highest BCUT2D eigenvalue weighted by molar-refractivity contribution is 5.86. The molecule has 0 spiro atoms. The molecule has 6 nitrogen and oxygen atoms in total. The van der Waals surface area contributed by atoms with Crippen molar-refractivity contribution in [2.24, 2.45) is 0 Å². The third-order valence-corrected chi connectivity index (χ3v) is 6.14. The molecule has 152 valence electrons. The molecule has 0 radical (unpaired) electrons. The van der Waals surface area contributed by atoms with E-state index in [-0.39, 0.29) is 5.82 Å². The molecule has 1 fully saturated rings. The molecule has 1 saturated heterocycles. The van der Waals surface area contributed by atoms with Crippen LogP contribution in [-0.2, 0) is 17.7 Å². The van der Waals surface area contributed by atoms with Crippen LogP contribution in [0.15, 0.2) is 42.6 Å². The zero-order valence-electron chi connectivity index (χ0n) is 16.6. The molecule has 2 aliphatic heterocycles. The summed E-state index contributed by atoms with van der Waals surface area (Å²) in [6.45, 7) is 4.81. The Bertz CT molecular complexity index is 1250. The number of hydrogen-bond donors (Lipinski definition) is 1.